The van der Waals surface area contributed by atoms with Crippen LogP contribution < -0.4 is 4.90 Å². The van der Waals surface area contributed by atoms with Crippen LogP contribution in [0, 0.1) is 5.92 Å². The van der Waals surface area contributed by atoms with E-state index in [4.69, 9.17) is 0 Å². The minimum Gasteiger partial charge on any atom is -0.371 e. The number of halogens is 1. The van der Waals surface area contributed by atoms with E-state index in [1.807, 2.05) is 12.1 Å². The van der Waals surface area contributed by atoms with Gasteiger partial charge in [-0.05, 0) is 56.7 Å². The highest BCUT2D eigenvalue weighted by molar-refractivity contribution is 9.10. The summed E-state index contributed by atoms with van der Waals surface area (Å²) in [6.45, 7) is 3.93. The van der Waals surface area contributed by atoms with Gasteiger partial charge < -0.3 is 4.90 Å². The van der Waals surface area contributed by atoms with Gasteiger partial charge >= 0.3 is 0 Å². The number of ketones is 1. The molecular formula is C17H24BrNO. The van der Waals surface area contributed by atoms with Crippen LogP contribution in [0.2, 0.25) is 0 Å². The van der Waals surface area contributed by atoms with Gasteiger partial charge in [0.1, 0.15) is 0 Å². The summed E-state index contributed by atoms with van der Waals surface area (Å²) < 4.78 is 0.967. The van der Waals surface area contributed by atoms with E-state index in [0.717, 1.165) is 21.6 Å². The minimum absolute atomic E-state index is 0.135. The van der Waals surface area contributed by atoms with Crippen molar-refractivity contribution in [2.45, 2.75) is 52.0 Å². The Labute approximate surface area is 130 Å². The first-order valence-electron chi connectivity index (χ1n) is 7.56. The molecule has 1 aliphatic rings. The minimum atomic E-state index is 0.135. The number of carbonyl (C=O) groups excluding carboxylic acids is 1. The van der Waals surface area contributed by atoms with Gasteiger partial charge in [0.15, 0.2) is 5.78 Å². The maximum atomic E-state index is 11.9. The molecule has 1 aliphatic carbocycles. The van der Waals surface area contributed by atoms with Crippen LogP contribution in [0.25, 0.3) is 0 Å². The number of anilines is 1. The average molecular weight is 338 g/mol. The summed E-state index contributed by atoms with van der Waals surface area (Å²) in [4.78, 5) is 14.2. The van der Waals surface area contributed by atoms with E-state index in [0.29, 0.717) is 6.04 Å². The van der Waals surface area contributed by atoms with E-state index < -0.39 is 0 Å². The number of hydrogen-bond donors (Lipinski definition) is 0. The van der Waals surface area contributed by atoms with Gasteiger partial charge in [-0.1, -0.05) is 29.3 Å². The molecule has 0 bridgehead atoms. The molecule has 0 N–H and O–H groups in total. The van der Waals surface area contributed by atoms with Crippen LogP contribution in [0.3, 0.4) is 0 Å². The Bertz CT molecular complexity index is 478. The molecular weight excluding hydrogens is 314 g/mol. The van der Waals surface area contributed by atoms with Crippen LogP contribution in [0.1, 0.15) is 56.3 Å². The predicted molar refractivity (Wildman–Crippen MR) is 88.6 cm³/mol. The van der Waals surface area contributed by atoms with Gasteiger partial charge in [0.2, 0.25) is 0 Å². The first-order valence-corrected chi connectivity index (χ1v) is 8.35. The standard InChI is InChI=1S/C17H24BrNO/c1-4-13-5-8-15(9-6-13)19(3)17-10-7-14(18)11-16(17)12(2)20/h7,10-11,13,15H,4-6,8-9H2,1-3H3. The Morgan fingerprint density at radius 1 is 1.30 bits per heavy atom. The third-order valence-electron chi connectivity index (χ3n) is 4.66. The van der Waals surface area contributed by atoms with Crippen LogP contribution >= 0.6 is 15.9 Å². The zero-order chi connectivity index (χ0) is 14.7. The van der Waals surface area contributed by atoms with Gasteiger partial charge in [-0.3, -0.25) is 4.79 Å². The van der Waals surface area contributed by atoms with E-state index >= 15 is 0 Å². The third kappa shape index (κ3) is 3.43. The summed E-state index contributed by atoms with van der Waals surface area (Å²) in [6, 6.07) is 6.59. The number of hydrogen-bond acceptors (Lipinski definition) is 2. The van der Waals surface area contributed by atoms with Gasteiger partial charge in [-0.15, -0.1) is 0 Å². The Balaban J connectivity index is 2.17. The molecule has 20 heavy (non-hydrogen) atoms. The lowest BCUT2D eigenvalue weighted by molar-refractivity contribution is 0.101. The fourth-order valence-electron chi connectivity index (χ4n) is 3.23. The summed E-state index contributed by atoms with van der Waals surface area (Å²) in [6.07, 6.45) is 6.41. The van der Waals surface area contributed by atoms with Gasteiger partial charge in [-0.2, -0.15) is 0 Å². The second kappa shape index (κ2) is 6.75. The molecule has 0 spiro atoms. The summed E-state index contributed by atoms with van der Waals surface area (Å²) in [5.41, 5.74) is 1.89. The third-order valence-corrected chi connectivity index (χ3v) is 5.15. The van der Waals surface area contributed by atoms with Gasteiger partial charge in [0, 0.05) is 28.8 Å². The molecule has 1 saturated carbocycles. The second-order valence-electron chi connectivity index (χ2n) is 5.91. The van der Waals surface area contributed by atoms with Crippen molar-refractivity contribution in [3.63, 3.8) is 0 Å². The highest BCUT2D eigenvalue weighted by Crippen LogP contribution is 2.33. The fourth-order valence-corrected chi connectivity index (χ4v) is 3.60. The van der Waals surface area contributed by atoms with E-state index in [1.165, 1.54) is 32.1 Å². The molecule has 0 aliphatic heterocycles. The molecule has 0 saturated heterocycles. The zero-order valence-electron chi connectivity index (χ0n) is 12.7. The maximum absolute atomic E-state index is 11.9. The van der Waals surface area contributed by atoms with Crippen molar-refractivity contribution in [1.82, 2.24) is 0 Å². The van der Waals surface area contributed by atoms with E-state index in [1.54, 1.807) is 6.92 Å². The lowest BCUT2D eigenvalue weighted by Crippen LogP contribution is -2.35. The number of carbonyl (C=O) groups is 1. The number of Topliss-reactive ketones (excluding diaryl/α,β-unsaturated/α-hetero) is 1. The molecule has 0 heterocycles. The van der Waals surface area contributed by atoms with Crippen LogP contribution in [0.4, 0.5) is 5.69 Å². The summed E-state index contributed by atoms with van der Waals surface area (Å²) in [7, 11) is 2.13. The van der Waals surface area contributed by atoms with Gasteiger partial charge in [0.25, 0.3) is 0 Å². The topological polar surface area (TPSA) is 20.3 Å². The van der Waals surface area contributed by atoms with Crippen molar-refractivity contribution in [2.75, 3.05) is 11.9 Å². The molecule has 2 rings (SSSR count). The normalized spacial score (nSPS) is 22.6. The van der Waals surface area contributed by atoms with Crippen molar-refractivity contribution >= 4 is 27.4 Å². The Kier molecular flexibility index (Phi) is 5.25. The predicted octanol–water partition coefficient (Wildman–Crippen LogP) is 5.06. The number of benzene rings is 1. The fraction of sp³-hybridized carbons (Fsp3) is 0.588. The highest BCUT2D eigenvalue weighted by Gasteiger charge is 2.25. The Morgan fingerprint density at radius 2 is 1.95 bits per heavy atom. The van der Waals surface area contributed by atoms with E-state index in [2.05, 4.69) is 40.9 Å². The van der Waals surface area contributed by atoms with Crippen molar-refractivity contribution in [3.05, 3.63) is 28.2 Å². The van der Waals surface area contributed by atoms with Crippen molar-refractivity contribution in [2.24, 2.45) is 5.92 Å². The first-order chi connectivity index (χ1) is 9.52. The molecule has 1 aromatic carbocycles. The van der Waals surface area contributed by atoms with Gasteiger partial charge in [0.05, 0.1) is 0 Å². The second-order valence-corrected chi connectivity index (χ2v) is 6.83. The van der Waals surface area contributed by atoms with Crippen LogP contribution in [0.15, 0.2) is 22.7 Å². The average Bonchev–Trinajstić information content (AvgIpc) is 2.46. The van der Waals surface area contributed by atoms with Gasteiger partial charge in [-0.25, -0.2) is 0 Å². The zero-order valence-corrected chi connectivity index (χ0v) is 14.2. The largest absolute Gasteiger partial charge is 0.371 e. The van der Waals surface area contributed by atoms with Crippen LogP contribution in [-0.4, -0.2) is 18.9 Å². The summed E-state index contributed by atoms with van der Waals surface area (Å²) >= 11 is 3.46. The van der Waals surface area contributed by atoms with Crippen molar-refractivity contribution in [3.8, 4) is 0 Å². The van der Waals surface area contributed by atoms with Crippen LogP contribution in [-0.2, 0) is 0 Å². The number of rotatable bonds is 4. The Morgan fingerprint density at radius 3 is 2.50 bits per heavy atom. The SMILES string of the molecule is CCC1CCC(N(C)c2ccc(Br)cc2C(C)=O)CC1. The van der Waals surface area contributed by atoms with Crippen LogP contribution in [0.5, 0.6) is 0 Å². The van der Waals surface area contributed by atoms with Crippen molar-refractivity contribution < 1.29 is 4.79 Å². The highest BCUT2D eigenvalue weighted by atomic mass is 79.9. The number of nitrogens with zero attached hydrogens (tertiary/aromatic N) is 1. The molecule has 1 fully saturated rings. The van der Waals surface area contributed by atoms with E-state index in [9.17, 15) is 4.79 Å². The quantitative estimate of drug-likeness (QED) is 0.716. The molecule has 2 nitrogen and oxygen atoms in total. The molecule has 0 amide bonds. The monoisotopic (exact) mass is 337 g/mol. The first kappa shape index (κ1) is 15.6. The van der Waals surface area contributed by atoms with Crippen molar-refractivity contribution in [1.29, 1.82) is 0 Å². The molecule has 110 valence electrons. The summed E-state index contributed by atoms with van der Waals surface area (Å²) in [5.74, 6) is 1.03. The molecule has 0 unspecified atom stereocenters. The lowest BCUT2D eigenvalue weighted by atomic mass is 9.84. The molecule has 3 heteroatoms. The lowest BCUT2D eigenvalue weighted by Gasteiger charge is -2.36. The molecule has 1 aromatic rings. The molecule has 0 aromatic heterocycles. The molecule has 0 atom stereocenters. The summed E-state index contributed by atoms with van der Waals surface area (Å²) in [5, 5.41) is 0. The Hall–Kier alpha value is -0.830. The smallest absolute Gasteiger partial charge is 0.161 e. The van der Waals surface area contributed by atoms with E-state index in [-0.39, 0.29) is 5.78 Å². The maximum Gasteiger partial charge on any atom is 0.161 e. The molecule has 0 radical (unpaired) electrons.